The van der Waals surface area contributed by atoms with Crippen molar-refractivity contribution in [2.24, 2.45) is 23.2 Å². The third kappa shape index (κ3) is 3.63. The quantitative estimate of drug-likeness (QED) is 0.574. The first-order valence-electron chi connectivity index (χ1n) is 6.38. The summed E-state index contributed by atoms with van der Waals surface area (Å²) in [6.45, 7) is 16.6. The molecule has 3 atom stereocenters. The van der Waals surface area contributed by atoms with Crippen molar-refractivity contribution in [2.75, 3.05) is 0 Å². The van der Waals surface area contributed by atoms with Crippen LogP contribution in [0, 0.1) is 23.2 Å². The molecule has 0 aromatic heterocycles. The van der Waals surface area contributed by atoms with Crippen molar-refractivity contribution < 1.29 is 0 Å². The van der Waals surface area contributed by atoms with Gasteiger partial charge in [-0.15, -0.1) is 0 Å². The highest BCUT2D eigenvalue weighted by Gasteiger charge is 2.31. The maximum Gasteiger partial charge on any atom is -0.0337 e. The van der Waals surface area contributed by atoms with Gasteiger partial charge in [-0.2, -0.15) is 0 Å². The van der Waals surface area contributed by atoms with Gasteiger partial charge in [-0.3, -0.25) is 0 Å². The summed E-state index contributed by atoms with van der Waals surface area (Å²) in [7, 11) is 0. The van der Waals surface area contributed by atoms with Crippen LogP contribution in [-0.2, 0) is 0 Å². The average molecular weight is 198 g/mol. The van der Waals surface area contributed by atoms with E-state index in [1.165, 1.54) is 19.3 Å². The third-order valence-corrected chi connectivity index (χ3v) is 3.92. The molecule has 86 valence electrons. The van der Waals surface area contributed by atoms with Crippen molar-refractivity contribution in [3.05, 3.63) is 0 Å². The van der Waals surface area contributed by atoms with Gasteiger partial charge in [0.15, 0.2) is 0 Å². The predicted molar refractivity (Wildman–Crippen MR) is 66.5 cm³/mol. The lowest BCUT2D eigenvalue weighted by Crippen LogP contribution is -2.31. The van der Waals surface area contributed by atoms with E-state index in [9.17, 15) is 0 Å². The SMILES string of the molecule is CCC(C)C(CC)C(CC)C(C)(C)C. The van der Waals surface area contributed by atoms with Crippen molar-refractivity contribution in [3.63, 3.8) is 0 Å². The van der Waals surface area contributed by atoms with Crippen LogP contribution in [0.25, 0.3) is 0 Å². The lowest BCUT2D eigenvalue weighted by molar-refractivity contribution is 0.105. The van der Waals surface area contributed by atoms with Crippen molar-refractivity contribution in [1.29, 1.82) is 0 Å². The van der Waals surface area contributed by atoms with Gasteiger partial charge in [0.05, 0.1) is 0 Å². The van der Waals surface area contributed by atoms with Crippen LogP contribution in [0.15, 0.2) is 0 Å². The summed E-state index contributed by atoms with van der Waals surface area (Å²) in [5.74, 6) is 2.66. The number of hydrogen-bond donors (Lipinski definition) is 0. The highest BCUT2D eigenvalue weighted by molar-refractivity contribution is 4.81. The van der Waals surface area contributed by atoms with Crippen LogP contribution in [-0.4, -0.2) is 0 Å². The summed E-state index contributed by atoms with van der Waals surface area (Å²) in [6.07, 6.45) is 3.99. The van der Waals surface area contributed by atoms with E-state index in [0.717, 1.165) is 17.8 Å². The molecule has 0 aliphatic heterocycles. The molecule has 0 bridgehead atoms. The molecule has 0 spiro atoms. The molecule has 0 saturated heterocycles. The van der Waals surface area contributed by atoms with E-state index < -0.39 is 0 Å². The standard InChI is InChI=1S/C14H30/c1-8-11(4)12(9-2)13(10-3)14(5,6)7/h11-13H,8-10H2,1-7H3. The molecule has 0 amide bonds. The van der Waals surface area contributed by atoms with Gasteiger partial charge >= 0.3 is 0 Å². The Balaban J connectivity index is 4.61. The van der Waals surface area contributed by atoms with Gasteiger partial charge in [-0.1, -0.05) is 67.7 Å². The smallest absolute Gasteiger partial charge is 0.0337 e. The summed E-state index contributed by atoms with van der Waals surface area (Å²) in [6, 6.07) is 0. The van der Waals surface area contributed by atoms with Gasteiger partial charge in [-0.05, 0) is 23.2 Å². The highest BCUT2D eigenvalue weighted by atomic mass is 14.4. The first-order chi connectivity index (χ1) is 6.38. The van der Waals surface area contributed by atoms with Crippen LogP contribution in [0.1, 0.15) is 67.7 Å². The zero-order valence-electron chi connectivity index (χ0n) is 11.4. The Labute approximate surface area is 91.5 Å². The van der Waals surface area contributed by atoms with Gasteiger partial charge in [0.1, 0.15) is 0 Å². The van der Waals surface area contributed by atoms with Gasteiger partial charge in [0.25, 0.3) is 0 Å². The Morgan fingerprint density at radius 2 is 1.36 bits per heavy atom. The molecule has 0 nitrogen and oxygen atoms in total. The molecule has 0 radical (unpaired) electrons. The average Bonchev–Trinajstić information content (AvgIpc) is 2.10. The Hall–Kier alpha value is 0. The monoisotopic (exact) mass is 198 g/mol. The normalized spacial score (nSPS) is 19.1. The van der Waals surface area contributed by atoms with E-state index in [0.29, 0.717) is 5.41 Å². The van der Waals surface area contributed by atoms with Gasteiger partial charge in [-0.25, -0.2) is 0 Å². The minimum absolute atomic E-state index is 0.471. The lowest BCUT2D eigenvalue weighted by Gasteiger charge is -2.39. The van der Waals surface area contributed by atoms with Crippen LogP contribution in [0.2, 0.25) is 0 Å². The molecule has 3 unspecified atom stereocenters. The third-order valence-electron chi connectivity index (χ3n) is 3.92. The van der Waals surface area contributed by atoms with E-state index in [2.05, 4.69) is 48.5 Å². The Morgan fingerprint density at radius 3 is 1.57 bits per heavy atom. The molecule has 0 aliphatic rings. The topological polar surface area (TPSA) is 0 Å². The summed E-state index contributed by atoms with van der Waals surface area (Å²) in [5, 5.41) is 0. The fourth-order valence-corrected chi connectivity index (χ4v) is 2.94. The molecule has 0 aliphatic carbocycles. The van der Waals surface area contributed by atoms with E-state index in [4.69, 9.17) is 0 Å². The van der Waals surface area contributed by atoms with Gasteiger partial charge in [0.2, 0.25) is 0 Å². The second kappa shape index (κ2) is 5.78. The predicted octanol–water partition coefficient (Wildman–Crippen LogP) is 5.13. The van der Waals surface area contributed by atoms with Crippen molar-refractivity contribution in [2.45, 2.75) is 67.7 Å². The molecule has 0 saturated carbocycles. The fraction of sp³-hybridized carbons (Fsp3) is 1.00. The summed E-state index contributed by atoms with van der Waals surface area (Å²) < 4.78 is 0. The minimum Gasteiger partial charge on any atom is -0.0651 e. The van der Waals surface area contributed by atoms with Crippen molar-refractivity contribution in [1.82, 2.24) is 0 Å². The number of hydrogen-bond acceptors (Lipinski definition) is 0. The highest BCUT2D eigenvalue weighted by Crippen LogP contribution is 2.40. The zero-order valence-corrected chi connectivity index (χ0v) is 11.4. The summed E-state index contributed by atoms with van der Waals surface area (Å²) in [5.41, 5.74) is 0.471. The van der Waals surface area contributed by atoms with Crippen molar-refractivity contribution >= 4 is 0 Å². The van der Waals surface area contributed by atoms with E-state index in [-0.39, 0.29) is 0 Å². The maximum atomic E-state index is 2.42. The molecule has 0 rings (SSSR count). The second-order valence-electron chi connectivity index (χ2n) is 5.84. The minimum atomic E-state index is 0.471. The molecular formula is C14H30. The first-order valence-corrected chi connectivity index (χ1v) is 6.38. The fourth-order valence-electron chi connectivity index (χ4n) is 2.94. The molecule has 0 heteroatoms. The number of rotatable bonds is 5. The Kier molecular flexibility index (Phi) is 5.78. The van der Waals surface area contributed by atoms with Gasteiger partial charge < -0.3 is 0 Å². The molecule has 14 heavy (non-hydrogen) atoms. The van der Waals surface area contributed by atoms with Crippen LogP contribution in [0.5, 0.6) is 0 Å². The van der Waals surface area contributed by atoms with E-state index in [1.807, 2.05) is 0 Å². The summed E-state index contributed by atoms with van der Waals surface area (Å²) in [4.78, 5) is 0. The molecular weight excluding hydrogens is 168 g/mol. The first kappa shape index (κ1) is 14.0. The molecule has 0 N–H and O–H groups in total. The second-order valence-corrected chi connectivity index (χ2v) is 5.84. The van der Waals surface area contributed by atoms with Crippen molar-refractivity contribution in [3.8, 4) is 0 Å². The Morgan fingerprint density at radius 1 is 0.857 bits per heavy atom. The van der Waals surface area contributed by atoms with Gasteiger partial charge in [0, 0.05) is 0 Å². The van der Waals surface area contributed by atoms with Crippen LogP contribution < -0.4 is 0 Å². The molecule has 0 aromatic rings. The molecule has 0 fully saturated rings. The maximum absolute atomic E-state index is 2.42. The van der Waals surface area contributed by atoms with E-state index in [1.54, 1.807) is 0 Å². The zero-order chi connectivity index (χ0) is 11.4. The van der Waals surface area contributed by atoms with Crippen LogP contribution in [0.3, 0.4) is 0 Å². The Bertz CT molecular complexity index is 141. The largest absolute Gasteiger partial charge is 0.0651 e. The van der Waals surface area contributed by atoms with Crippen LogP contribution in [0.4, 0.5) is 0 Å². The molecule has 0 heterocycles. The van der Waals surface area contributed by atoms with Crippen LogP contribution >= 0.6 is 0 Å². The molecule has 0 aromatic carbocycles. The van der Waals surface area contributed by atoms with E-state index >= 15 is 0 Å². The summed E-state index contributed by atoms with van der Waals surface area (Å²) >= 11 is 0. The lowest BCUT2D eigenvalue weighted by atomic mass is 9.66.